The largest absolute Gasteiger partial charge is 0.396 e. The van der Waals surface area contributed by atoms with Gasteiger partial charge < -0.3 is 10.4 Å². The third-order valence-electron chi connectivity index (χ3n) is 3.89. The van der Waals surface area contributed by atoms with Crippen LogP contribution in [0.4, 0.5) is 4.39 Å². The Balaban J connectivity index is 2.21. The first kappa shape index (κ1) is 15.8. The van der Waals surface area contributed by atoms with E-state index < -0.39 is 0 Å². The van der Waals surface area contributed by atoms with E-state index >= 15 is 0 Å². The van der Waals surface area contributed by atoms with Gasteiger partial charge in [-0.25, -0.2) is 4.39 Å². The lowest BCUT2D eigenvalue weighted by Crippen LogP contribution is -2.43. The Kier molecular flexibility index (Phi) is 5.10. The van der Waals surface area contributed by atoms with Crippen molar-refractivity contribution in [2.24, 2.45) is 5.41 Å². The quantitative estimate of drug-likeness (QED) is 0.888. The highest BCUT2D eigenvalue weighted by molar-refractivity contribution is 7.99. The Morgan fingerprint density at radius 1 is 1.45 bits per heavy atom. The van der Waals surface area contributed by atoms with E-state index in [0.29, 0.717) is 0 Å². The number of nitrogens with one attached hydrogen (secondary N) is 1. The second-order valence-corrected chi connectivity index (χ2v) is 7.55. The molecule has 0 fully saturated rings. The van der Waals surface area contributed by atoms with Gasteiger partial charge in [-0.3, -0.25) is 0 Å². The SMILES string of the molecule is CC(C)(C)C(CCO)NC1CCSc2c(F)cccc21. The van der Waals surface area contributed by atoms with Crippen molar-refractivity contribution in [3.05, 3.63) is 29.6 Å². The van der Waals surface area contributed by atoms with Crippen LogP contribution in [0.25, 0.3) is 0 Å². The molecule has 1 heterocycles. The molecule has 0 aromatic heterocycles. The molecule has 2 atom stereocenters. The number of fused-ring (bicyclic) bond motifs is 1. The molecule has 1 aliphatic rings. The van der Waals surface area contributed by atoms with Crippen molar-refractivity contribution in [2.45, 2.75) is 50.6 Å². The van der Waals surface area contributed by atoms with Crippen LogP contribution in [0.15, 0.2) is 23.1 Å². The van der Waals surface area contributed by atoms with Gasteiger partial charge in [0.15, 0.2) is 0 Å². The summed E-state index contributed by atoms with van der Waals surface area (Å²) in [7, 11) is 0. The second kappa shape index (κ2) is 6.46. The Morgan fingerprint density at radius 2 is 2.20 bits per heavy atom. The van der Waals surface area contributed by atoms with Gasteiger partial charge in [-0.2, -0.15) is 0 Å². The Hall–Kier alpha value is -0.580. The van der Waals surface area contributed by atoms with Gasteiger partial charge in [-0.05, 0) is 35.6 Å². The predicted octanol–water partition coefficient (Wildman–Crippen LogP) is 3.75. The van der Waals surface area contributed by atoms with Gasteiger partial charge in [-0.1, -0.05) is 32.9 Å². The molecule has 20 heavy (non-hydrogen) atoms. The molecule has 2 N–H and O–H groups in total. The van der Waals surface area contributed by atoms with Crippen LogP contribution in [-0.2, 0) is 0 Å². The summed E-state index contributed by atoms with van der Waals surface area (Å²) >= 11 is 1.60. The molecule has 1 aromatic carbocycles. The lowest BCUT2D eigenvalue weighted by Gasteiger charge is -2.37. The molecule has 0 bridgehead atoms. The highest BCUT2D eigenvalue weighted by atomic mass is 32.2. The van der Waals surface area contributed by atoms with Crippen molar-refractivity contribution < 1.29 is 9.50 Å². The maximum Gasteiger partial charge on any atom is 0.137 e. The van der Waals surface area contributed by atoms with Crippen molar-refractivity contribution >= 4 is 11.8 Å². The third-order valence-corrected chi connectivity index (χ3v) is 5.05. The summed E-state index contributed by atoms with van der Waals surface area (Å²) in [4.78, 5) is 0.785. The summed E-state index contributed by atoms with van der Waals surface area (Å²) in [6, 6.07) is 5.73. The average Bonchev–Trinajstić information content (AvgIpc) is 2.38. The lowest BCUT2D eigenvalue weighted by molar-refractivity contribution is 0.183. The molecule has 0 saturated heterocycles. The first-order valence-corrected chi connectivity index (χ1v) is 8.20. The normalized spacial score (nSPS) is 20.6. The first-order valence-electron chi connectivity index (χ1n) is 7.21. The number of thioether (sulfide) groups is 1. The Bertz CT molecular complexity index is 458. The summed E-state index contributed by atoms with van der Waals surface area (Å²) in [6.45, 7) is 6.69. The van der Waals surface area contributed by atoms with Crippen molar-refractivity contribution in [1.82, 2.24) is 5.32 Å². The number of benzene rings is 1. The summed E-state index contributed by atoms with van der Waals surface area (Å²) in [5.41, 5.74) is 1.13. The molecule has 2 rings (SSSR count). The smallest absolute Gasteiger partial charge is 0.137 e. The van der Waals surface area contributed by atoms with Crippen molar-refractivity contribution in [3.63, 3.8) is 0 Å². The molecule has 0 spiro atoms. The third kappa shape index (κ3) is 3.54. The van der Waals surface area contributed by atoms with Crippen molar-refractivity contribution in [2.75, 3.05) is 12.4 Å². The van der Waals surface area contributed by atoms with Gasteiger partial charge in [0.1, 0.15) is 5.82 Å². The zero-order valence-corrected chi connectivity index (χ0v) is 13.3. The van der Waals surface area contributed by atoms with E-state index in [1.54, 1.807) is 17.8 Å². The van der Waals surface area contributed by atoms with Crippen LogP contribution in [0.2, 0.25) is 0 Å². The van der Waals surface area contributed by atoms with Crippen LogP contribution in [0.3, 0.4) is 0 Å². The van der Waals surface area contributed by atoms with Crippen LogP contribution in [-0.4, -0.2) is 23.5 Å². The molecule has 1 aromatic rings. The highest BCUT2D eigenvalue weighted by Gasteiger charge is 2.30. The molecular formula is C16H24FNOS. The molecule has 0 amide bonds. The topological polar surface area (TPSA) is 32.3 Å². The van der Waals surface area contributed by atoms with E-state index in [4.69, 9.17) is 0 Å². The van der Waals surface area contributed by atoms with E-state index in [2.05, 4.69) is 26.1 Å². The fraction of sp³-hybridized carbons (Fsp3) is 0.625. The number of aliphatic hydroxyl groups excluding tert-OH is 1. The van der Waals surface area contributed by atoms with Gasteiger partial charge >= 0.3 is 0 Å². The highest BCUT2D eigenvalue weighted by Crippen LogP contribution is 2.39. The molecule has 0 radical (unpaired) electrons. The van der Waals surface area contributed by atoms with Gasteiger partial charge in [0.2, 0.25) is 0 Å². The first-order chi connectivity index (χ1) is 9.43. The second-order valence-electron chi connectivity index (χ2n) is 6.45. The van der Waals surface area contributed by atoms with Gasteiger partial charge in [0, 0.05) is 23.6 Å². The summed E-state index contributed by atoms with van der Waals surface area (Å²) in [5, 5.41) is 12.9. The molecule has 1 aliphatic heterocycles. The van der Waals surface area contributed by atoms with E-state index in [1.165, 1.54) is 6.07 Å². The molecule has 112 valence electrons. The summed E-state index contributed by atoms with van der Waals surface area (Å²) in [5.74, 6) is 0.815. The van der Waals surface area contributed by atoms with Crippen molar-refractivity contribution in [1.29, 1.82) is 0 Å². The fourth-order valence-corrected chi connectivity index (χ4v) is 3.84. The maximum absolute atomic E-state index is 13.9. The minimum atomic E-state index is -0.117. The Labute approximate surface area is 125 Å². The lowest BCUT2D eigenvalue weighted by atomic mass is 9.84. The summed E-state index contributed by atoms with van der Waals surface area (Å²) < 4.78 is 13.9. The maximum atomic E-state index is 13.9. The zero-order valence-electron chi connectivity index (χ0n) is 12.4. The number of aliphatic hydroxyl groups is 1. The molecule has 4 heteroatoms. The number of rotatable bonds is 4. The minimum Gasteiger partial charge on any atom is -0.396 e. The van der Waals surface area contributed by atoms with Crippen LogP contribution in [0.1, 0.15) is 45.2 Å². The summed E-state index contributed by atoms with van der Waals surface area (Å²) in [6.07, 6.45) is 1.72. The molecular weight excluding hydrogens is 273 g/mol. The Morgan fingerprint density at radius 3 is 2.85 bits per heavy atom. The molecule has 2 unspecified atom stereocenters. The number of hydrogen-bond acceptors (Lipinski definition) is 3. The van der Waals surface area contributed by atoms with E-state index in [0.717, 1.165) is 29.1 Å². The molecule has 0 saturated carbocycles. The van der Waals surface area contributed by atoms with Gasteiger partial charge in [-0.15, -0.1) is 11.8 Å². The van der Waals surface area contributed by atoms with Crippen molar-refractivity contribution in [3.8, 4) is 0 Å². The van der Waals surface area contributed by atoms with Crippen LogP contribution in [0.5, 0.6) is 0 Å². The average molecular weight is 297 g/mol. The van der Waals surface area contributed by atoms with E-state index in [-0.39, 0.29) is 29.9 Å². The zero-order chi connectivity index (χ0) is 14.8. The van der Waals surface area contributed by atoms with Gasteiger partial charge in [0.25, 0.3) is 0 Å². The number of hydrogen-bond donors (Lipinski definition) is 2. The predicted molar refractivity (Wildman–Crippen MR) is 82.6 cm³/mol. The molecule has 2 nitrogen and oxygen atoms in total. The monoisotopic (exact) mass is 297 g/mol. The van der Waals surface area contributed by atoms with Gasteiger partial charge in [0.05, 0.1) is 0 Å². The standard InChI is InChI=1S/C16H24FNOS/c1-16(2,3)14(7-9-19)18-13-8-10-20-15-11(13)5-4-6-12(15)17/h4-6,13-14,18-19H,7-10H2,1-3H3. The van der Waals surface area contributed by atoms with Crippen LogP contribution >= 0.6 is 11.8 Å². The van der Waals surface area contributed by atoms with Crippen LogP contribution in [0, 0.1) is 11.2 Å². The number of halogens is 1. The van der Waals surface area contributed by atoms with E-state index in [1.807, 2.05) is 6.07 Å². The minimum absolute atomic E-state index is 0.0702. The fourth-order valence-electron chi connectivity index (χ4n) is 2.70. The van der Waals surface area contributed by atoms with Crippen LogP contribution < -0.4 is 5.32 Å². The van der Waals surface area contributed by atoms with E-state index in [9.17, 15) is 9.50 Å². The molecule has 0 aliphatic carbocycles.